The molecule has 0 aliphatic heterocycles. The number of hydrogen-bond donors (Lipinski definition) is 1. The largest absolute Gasteiger partial charge is 0.475 e. The quantitative estimate of drug-likeness (QED) is 0.673. The Morgan fingerprint density at radius 3 is 2.91 bits per heavy atom. The molecule has 0 radical (unpaired) electrons. The van der Waals surface area contributed by atoms with Crippen molar-refractivity contribution in [1.29, 1.82) is 0 Å². The average molecular weight is 322 g/mol. The maximum absolute atomic E-state index is 11.2. The molecule has 0 spiro atoms. The lowest BCUT2D eigenvalue weighted by Crippen LogP contribution is -2.14. The van der Waals surface area contributed by atoms with Gasteiger partial charge in [-0.2, -0.15) is 0 Å². The standard InChI is InChI=1S/C14H16ClN5O2/c1-9(2)22-13-7-10(6-11(15)18-13)14-17-8-20(19-14)5-4-12(21)16-3/h4-9H,1-3H3,(H,16,21)/b5-4-. The van der Waals surface area contributed by atoms with E-state index in [9.17, 15) is 4.79 Å². The minimum Gasteiger partial charge on any atom is -0.475 e. The molecule has 2 aromatic rings. The van der Waals surface area contributed by atoms with Gasteiger partial charge in [0.15, 0.2) is 5.82 Å². The first-order valence-corrected chi connectivity index (χ1v) is 7.01. The monoisotopic (exact) mass is 321 g/mol. The van der Waals surface area contributed by atoms with E-state index in [4.69, 9.17) is 16.3 Å². The Morgan fingerprint density at radius 1 is 1.45 bits per heavy atom. The molecule has 2 aromatic heterocycles. The zero-order valence-corrected chi connectivity index (χ0v) is 13.2. The highest BCUT2D eigenvalue weighted by molar-refractivity contribution is 6.29. The molecule has 8 heteroatoms. The lowest BCUT2D eigenvalue weighted by atomic mass is 10.2. The van der Waals surface area contributed by atoms with E-state index in [1.807, 2.05) is 13.8 Å². The number of halogens is 1. The summed E-state index contributed by atoms with van der Waals surface area (Å²) in [4.78, 5) is 19.4. The summed E-state index contributed by atoms with van der Waals surface area (Å²) in [7, 11) is 1.55. The van der Waals surface area contributed by atoms with Crippen molar-refractivity contribution in [2.45, 2.75) is 20.0 Å². The van der Waals surface area contributed by atoms with E-state index >= 15 is 0 Å². The van der Waals surface area contributed by atoms with E-state index in [-0.39, 0.29) is 12.0 Å². The lowest BCUT2D eigenvalue weighted by molar-refractivity contribution is -0.116. The summed E-state index contributed by atoms with van der Waals surface area (Å²) in [6.07, 6.45) is 4.33. The zero-order valence-electron chi connectivity index (χ0n) is 12.4. The van der Waals surface area contributed by atoms with E-state index in [1.165, 1.54) is 23.3 Å². The maximum Gasteiger partial charge on any atom is 0.245 e. The van der Waals surface area contributed by atoms with Gasteiger partial charge in [0.25, 0.3) is 0 Å². The van der Waals surface area contributed by atoms with Crippen LogP contribution in [0.1, 0.15) is 13.8 Å². The van der Waals surface area contributed by atoms with Gasteiger partial charge < -0.3 is 10.1 Å². The van der Waals surface area contributed by atoms with E-state index in [0.29, 0.717) is 22.4 Å². The molecular weight excluding hydrogens is 306 g/mol. The molecule has 116 valence electrons. The number of ether oxygens (including phenoxy) is 1. The van der Waals surface area contributed by atoms with Gasteiger partial charge in [0.05, 0.1) is 6.10 Å². The van der Waals surface area contributed by atoms with Gasteiger partial charge >= 0.3 is 0 Å². The lowest BCUT2D eigenvalue weighted by Gasteiger charge is -2.09. The molecule has 22 heavy (non-hydrogen) atoms. The number of pyridine rings is 1. The van der Waals surface area contributed by atoms with Crippen molar-refractivity contribution in [1.82, 2.24) is 25.1 Å². The third kappa shape index (κ3) is 4.29. The first-order valence-electron chi connectivity index (χ1n) is 6.63. The molecule has 0 atom stereocenters. The van der Waals surface area contributed by atoms with Gasteiger partial charge in [-0.05, 0) is 19.9 Å². The first-order chi connectivity index (χ1) is 10.5. The fourth-order valence-corrected chi connectivity index (χ4v) is 1.81. The van der Waals surface area contributed by atoms with Crippen molar-refractivity contribution in [2.75, 3.05) is 7.05 Å². The Morgan fingerprint density at radius 2 is 2.23 bits per heavy atom. The molecule has 0 aliphatic rings. The van der Waals surface area contributed by atoms with Gasteiger partial charge in [-0.3, -0.25) is 4.79 Å². The molecule has 0 fully saturated rings. The highest BCUT2D eigenvalue weighted by Gasteiger charge is 2.09. The normalized spacial score (nSPS) is 11.1. The number of aromatic nitrogens is 4. The van der Waals surface area contributed by atoms with Crippen molar-refractivity contribution >= 4 is 23.7 Å². The van der Waals surface area contributed by atoms with Crippen molar-refractivity contribution in [3.63, 3.8) is 0 Å². The summed E-state index contributed by atoms with van der Waals surface area (Å²) in [6, 6.07) is 3.37. The fraction of sp³-hybridized carbons (Fsp3) is 0.286. The Labute approximate surface area is 133 Å². The van der Waals surface area contributed by atoms with Gasteiger partial charge in [0.2, 0.25) is 11.8 Å². The molecule has 2 rings (SSSR count). The van der Waals surface area contributed by atoms with Gasteiger partial charge in [-0.1, -0.05) is 11.6 Å². The zero-order chi connectivity index (χ0) is 16.1. The molecule has 0 bridgehead atoms. The fourth-order valence-electron chi connectivity index (χ4n) is 1.61. The number of rotatable bonds is 5. The summed E-state index contributed by atoms with van der Waals surface area (Å²) in [5.74, 6) is 0.644. The van der Waals surface area contributed by atoms with Crippen molar-refractivity contribution in [2.24, 2.45) is 0 Å². The molecule has 2 heterocycles. The number of likely N-dealkylation sites (N-methyl/N-ethyl adjacent to an activating group) is 1. The molecule has 0 aliphatic carbocycles. The Balaban J connectivity index is 2.25. The number of carbonyl (C=O) groups is 1. The van der Waals surface area contributed by atoms with Crippen LogP contribution in [0.2, 0.25) is 5.15 Å². The van der Waals surface area contributed by atoms with Gasteiger partial charge in [-0.15, -0.1) is 5.10 Å². The van der Waals surface area contributed by atoms with Crippen LogP contribution < -0.4 is 10.1 Å². The predicted octanol–water partition coefficient (Wildman–Crippen LogP) is 2.00. The van der Waals surface area contributed by atoms with Crippen LogP contribution in [0.4, 0.5) is 0 Å². The second-order valence-corrected chi connectivity index (χ2v) is 5.05. The SMILES string of the molecule is CNC(=O)/C=C\n1cnc(-c2cc(Cl)nc(OC(C)C)c2)n1. The van der Waals surface area contributed by atoms with Crippen LogP contribution in [0.3, 0.4) is 0 Å². The highest BCUT2D eigenvalue weighted by atomic mass is 35.5. The average Bonchev–Trinajstić information content (AvgIpc) is 2.92. The summed E-state index contributed by atoms with van der Waals surface area (Å²) >= 11 is 5.99. The Bertz CT molecular complexity index is 696. The van der Waals surface area contributed by atoms with E-state index in [2.05, 4.69) is 20.4 Å². The molecular formula is C14H16ClN5O2. The molecule has 0 unspecified atom stereocenters. The van der Waals surface area contributed by atoms with Crippen LogP contribution in [0.25, 0.3) is 17.6 Å². The van der Waals surface area contributed by atoms with Crippen LogP contribution >= 0.6 is 11.6 Å². The summed E-state index contributed by atoms with van der Waals surface area (Å²) in [5.41, 5.74) is 0.683. The molecule has 7 nitrogen and oxygen atoms in total. The molecule has 0 aromatic carbocycles. The predicted molar refractivity (Wildman–Crippen MR) is 83.4 cm³/mol. The molecule has 0 saturated carbocycles. The van der Waals surface area contributed by atoms with Crippen LogP contribution in [-0.2, 0) is 4.79 Å². The Kier molecular flexibility index (Phi) is 5.11. The van der Waals surface area contributed by atoms with Crippen LogP contribution in [0, 0.1) is 0 Å². The summed E-state index contributed by atoms with van der Waals surface area (Å²) in [5, 5.41) is 7.02. The van der Waals surface area contributed by atoms with Crippen molar-refractivity contribution in [3.05, 3.63) is 29.7 Å². The Hall–Kier alpha value is -2.41. The minimum absolute atomic E-state index is 0.0141. The van der Waals surface area contributed by atoms with Crippen LogP contribution in [0.15, 0.2) is 24.5 Å². The highest BCUT2D eigenvalue weighted by Crippen LogP contribution is 2.23. The number of nitrogens with zero attached hydrogens (tertiary/aromatic N) is 4. The number of hydrogen-bond acceptors (Lipinski definition) is 5. The smallest absolute Gasteiger partial charge is 0.245 e. The van der Waals surface area contributed by atoms with Gasteiger partial charge in [0, 0.05) is 31.0 Å². The molecule has 1 N–H and O–H groups in total. The van der Waals surface area contributed by atoms with Crippen LogP contribution in [-0.4, -0.2) is 38.8 Å². The molecule has 1 amide bonds. The third-order valence-corrected chi connectivity index (χ3v) is 2.71. The molecule has 0 saturated heterocycles. The number of amides is 1. The van der Waals surface area contributed by atoms with E-state index in [0.717, 1.165) is 0 Å². The minimum atomic E-state index is -0.225. The first kappa shape index (κ1) is 16.0. The second-order valence-electron chi connectivity index (χ2n) is 4.66. The number of carbonyl (C=O) groups excluding carboxylic acids is 1. The van der Waals surface area contributed by atoms with Gasteiger partial charge in [-0.25, -0.2) is 14.6 Å². The summed E-state index contributed by atoms with van der Waals surface area (Å²) < 4.78 is 6.97. The van der Waals surface area contributed by atoms with Gasteiger partial charge in [0.1, 0.15) is 11.5 Å². The van der Waals surface area contributed by atoms with E-state index < -0.39 is 0 Å². The second kappa shape index (κ2) is 7.04. The van der Waals surface area contributed by atoms with Crippen LogP contribution in [0.5, 0.6) is 5.88 Å². The summed E-state index contributed by atoms with van der Waals surface area (Å²) in [6.45, 7) is 3.80. The van der Waals surface area contributed by atoms with E-state index in [1.54, 1.807) is 19.2 Å². The van der Waals surface area contributed by atoms with Crippen molar-refractivity contribution in [3.8, 4) is 17.3 Å². The third-order valence-electron chi connectivity index (χ3n) is 2.52. The maximum atomic E-state index is 11.2. The topological polar surface area (TPSA) is 81.9 Å². The van der Waals surface area contributed by atoms with Crippen molar-refractivity contribution < 1.29 is 9.53 Å². The number of nitrogens with one attached hydrogen (secondary N) is 1.